The minimum absolute atomic E-state index is 0.221. The molecule has 1 amide bonds. The lowest BCUT2D eigenvalue weighted by atomic mass is 9.88. The van der Waals surface area contributed by atoms with Crippen molar-refractivity contribution in [3.8, 4) is 0 Å². The standard InChI is InChI=1S/C17H34N2O/c1-14(2)16(11-12-18)9-10-17(20)19-13-5-8-15-6-3-4-7-15/h14-16H,3-13,18H2,1-2H3,(H,19,20). The SMILES string of the molecule is CC(C)C(CCN)CCC(=O)NCCCC1CCCC1. The lowest BCUT2D eigenvalue weighted by Crippen LogP contribution is -2.26. The summed E-state index contributed by atoms with van der Waals surface area (Å²) in [6.45, 7) is 6.03. The average molecular weight is 282 g/mol. The maximum atomic E-state index is 11.8. The quantitative estimate of drug-likeness (QED) is 0.603. The summed E-state index contributed by atoms with van der Waals surface area (Å²) in [4.78, 5) is 11.8. The highest BCUT2D eigenvalue weighted by Crippen LogP contribution is 2.28. The second-order valence-corrected chi connectivity index (χ2v) is 6.76. The summed E-state index contributed by atoms with van der Waals surface area (Å²) in [5.41, 5.74) is 5.63. The van der Waals surface area contributed by atoms with E-state index < -0.39 is 0 Å². The Morgan fingerprint density at radius 1 is 1.25 bits per heavy atom. The Hall–Kier alpha value is -0.570. The molecule has 0 bridgehead atoms. The largest absolute Gasteiger partial charge is 0.356 e. The van der Waals surface area contributed by atoms with Gasteiger partial charge in [-0.3, -0.25) is 4.79 Å². The zero-order valence-corrected chi connectivity index (χ0v) is 13.5. The Labute approximate surface area is 125 Å². The van der Waals surface area contributed by atoms with Crippen molar-refractivity contribution in [1.29, 1.82) is 0 Å². The molecule has 3 N–H and O–H groups in total. The van der Waals surface area contributed by atoms with Crippen molar-refractivity contribution in [2.45, 2.75) is 71.6 Å². The lowest BCUT2D eigenvalue weighted by Gasteiger charge is -2.19. The van der Waals surface area contributed by atoms with E-state index in [0.29, 0.717) is 18.3 Å². The fourth-order valence-electron chi connectivity index (χ4n) is 3.35. The molecule has 0 aromatic heterocycles. The zero-order valence-electron chi connectivity index (χ0n) is 13.5. The van der Waals surface area contributed by atoms with Crippen LogP contribution in [0, 0.1) is 17.8 Å². The Morgan fingerprint density at radius 3 is 2.55 bits per heavy atom. The Balaban J connectivity index is 2.03. The van der Waals surface area contributed by atoms with Gasteiger partial charge in [-0.2, -0.15) is 0 Å². The van der Waals surface area contributed by atoms with Gasteiger partial charge in [-0.05, 0) is 50.0 Å². The van der Waals surface area contributed by atoms with E-state index in [4.69, 9.17) is 5.73 Å². The zero-order chi connectivity index (χ0) is 14.8. The second-order valence-electron chi connectivity index (χ2n) is 6.76. The van der Waals surface area contributed by atoms with Gasteiger partial charge in [0.1, 0.15) is 0 Å². The summed E-state index contributed by atoms with van der Waals surface area (Å²) in [5, 5.41) is 3.07. The topological polar surface area (TPSA) is 55.1 Å². The molecule has 1 aliphatic carbocycles. The van der Waals surface area contributed by atoms with Gasteiger partial charge in [0.25, 0.3) is 0 Å². The first-order valence-corrected chi connectivity index (χ1v) is 8.60. The molecule has 1 rings (SSSR count). The molecule has 118 valence electrons. The summed E-state index contributed by atoms with van der Waals surface area (Å²) < 4.78 is 0. The number of hydrogen-bond acceptors (Lipinski definition) is 2. The van der Waals surface area contributed by atoms with Crippen molar-refractivity contribution in [1.82, 2.24) is 5.32 Å². The number of rotatable bonds is 10. The predicted molar refractivity (Wildman–Crippen MR) is 85.4 cm³/mol. The lowest BCUT2D eigenvalue weighted by molar-refractivity contribution is -0.121. The number of carbonyl (C=O) groups excluding carboxylic acids is 1. The smallest absolute Gasteiger partial charge is 0.220 e. The Bertz CT molecular complexity index is 260. The van der Waals surface area contributed by atoms with Crippen LogP contribution < -0.4 is 11.1 Å². The van der Waals surface area contributed by atoms with Crippen molar-refractivity contribution in [3.05, 3.63) is 0 Å². The van der Waals surface area contributed by atoms with Crippen LogP contribution in [0.3, 0.4) is 0 Å². The molecule has 1 aliphatic rings. The van der Waals surface area contributed by atoms with Crippen molar-refractivity contribution >= 4 is 5.91 Å². The molecule has 20 heavy (non-hydrogen) atoms. The van der Waals surface area contributed by atoms with E-state index in [2.05, 4.69) is 19.2 Å². The molecule has 3 nitrogen and oxygen atoms in total. The molecule has 1 saturated carbocycles. The van der Waals surface area contributed by atoms with Gasteiger partial charge in [-0.1, -0.05) is 39.5 Å². The molecule has 0 aliphatic heterocycles. The molecule has 1 fully saturated rings. The van der Waals surface area contributed by atoms with Gasteiger partial charge in [0.2, 0.25) is 5.91 Å². The summed E-state index contributed by atoms with van der Waals surface area (Å²) >= 11 is 0. The van der Waals surface area contributed by atoms with Crippen LogP contribution in [0.2, 0.25) is 0 Å². The molecule has 0 saturated heterocycles. The van der Waals surface area contributed by atoms with E-state index in [1.54, 1.807) is 0 Å². The molecule has 0 aromatic rings. The highest BCUT2D eigenvalue weighted by atomic mass is 16.1. The highest BCUT2D eigenvalue weighted by Gasteiger charge is 2.15. The highest BCUT2D eigenvalue weighted by molar-refractivity contribution is 5.75. The van der Waals surface area contributed by atoms with Crippen LogP contribution in [0.4, 0.5) is 0 Å². The molecule has 0 aromatic carbocycles. The molecular weight excluding hydrogens is 248 g/mol. The van der Waals surface area contributed by atoms with Crippen molar-refractivity contribution in [2.75, 3.05) is 13.1 Å². The van der Waals surface area contributed by atoms with Crippen LogP contribution >= 0.6 is 0 Å². The van der Waals surface area contributed by atoms with Gasteiger partial charge in [-0.15, -0.1) is 0 Å². The third-order valence-electron chi connectivity index (χ3n) is 4.81. The summed E-state index contributed by atoms with van der Waals surface area (Å²) in [6, 6.07) is 0. The Kier molecular flexibility index (Phi) is 8.92. The van der Waals surface area contributed by atoms with Crippen molar-refractivity contribution < 1.29 is 4.79 Å². The summed E-state index contributed by atoms with van der Waals surface area (Å²) in [6.07, 6.45) is 10.7. The second kappa shape index (κ2) is 10.2. The first-order chi connectivity index (χ1) is 9.63. The molecule has 1 unspecified atom stereocenters. The van der Waals surface area contributed by atoms with E-state index in [0.717, 1.165) is 38.3 Å². The average Bonchev–Trinajstić information content (AvgIpc) is 2.92. The molecule has 0 radical (unpaired) electrons. The van der Waals surface area contributed by atoms with Crippen LogP contribution in [-0.2, 0) is 4.79 Å². The van der Waals surface area contributed by atoms with Crippen LogP contribution in [0.5, 0.6) is 0 Å². The molecule has 0 spiro atoms. The van der Waals surface area contributed by atoms with E-state index >= 15 is 0 Å². The van der Waals surface area contributed by atoms with E-state index in [-0.39, 0.29) is 5.91 Å². The Morgan fingerprint density at radius 2 is 1.95 bits per heavy atom. The summed E-state index contributed by atoms with van der Waals surface area (Å²) in [7, 11) is 0. The fourth-order valence-corrected chi connectivity index (χ4v) is 3.35. The van der Waals surface area contributed by atoms with Crippen LogP contribution in [0.25, 0.3) is 0 Å². The van der Waals surface area contributed by atoms with E-state index in [9.17, 15) is 4.79 Å². The minimum atomic E-state index is 0.221. The predicted octanol–water partition coefficient (Wildman–Crippen LogP) is 3.47. The van der Waals surface area contributed by atoms with Gasteiger partial charge in [0, 0.05) is 13.0 Å². The number of hydrogen-bond donors (Lipinski definition) is 2. The monoisotopic (exact) mass is 282 g/mol. The minimum Gasteiger partial charge on any atom is -0.356 e. The third kappa shape index (κ3) is 7.28. The van der Waals surface area contributed by atoms with Crippen molar-refractivity contribution in [2.24, 2.45) is 23.5 Å². The normalized spacial score (nSPS) is 17.6. The third-order valence-corrected chi connectivity index (χ3v) is 4.81. The van der Waals surface area contributed by atoms with Gasteiger partial charge < -0.3 is 11.1 Å². The fraction of sp³-hybridized carbons (Fsp3) is 0.941. The maximum absolute atomic E-state index is 11.8. The number of nitrogens with two attached hydrogens (primary N) is 1. The molecule has 1 atom stereocenters. The van der Waals surface area contributed by atoms with Gasteiger partial charge in [0.15, 0.2) is 0 Å². The maximum Gasteiger partial charge on any atom is 0.220 e. The first kappa shape index (κ1) is 17.5. The number of amides is 1. The molecule has 0 heterocycles. The van der Waals surface area contributed by atoms with Gasteiger partial charge in [-0.25, -0.2) is 0 Å². The molecule has 3 heteroatoms. The number of carbonyl (C=O) groups is 1. The van der Waals surface area contributed by atoms with Crippen LogP contribution in [0.1, 0.15) is 71.6 Å². The van der Waals surface area contributed by atoms with Crippen molar-refractivity contribution in [3.63, 3.8) is 0 Å². The van der Waals surface area contributed by atoms with E-state index in [1.807, 2.05) is 0 Å². The van der Waals surface area contributed by atoms with Crippen LogP contribution in [-0.4, -0.2) is 19.0 Å². The summed E-state index contributed by atoms with van der Waals surface area (Å²) in [5.74, 6) is 2.36. The van der Waals surface area contributed by atoms with Gasteiger partial charge >= 0.3 is 0 Å². The molecular formula is C17H34N2O. The van der Waals surface area contributed by atoms with Gasteiger partial charge in [0.05, 0.1) is 0 Å². The van der Waals surface area contributed by atoms with Crippen LogP contribution in [0.15, 0.2) is 0 Å². The van der Waals surface area contributed by atoms with E-state index in [1.165, 1.54) is 32.1 Å². The first-order valence-electron chi connectivity index (χ1n) is 8.60. The number of nitrogens with one attached hydrogen (secondary N) is 1.